The number of aryl methyl sites for hydroxylation is 1. The molecule has 1 N–H and O–H groups in total. The minimum atomic E-state index is -4.87. The molecule has 0 unspecified atom stereocenters. The van der Waals surface area contributed by atoms with E-state index in [0.29, 0.717) is 37.1 Å². The first-order valence-corrected chi connectivity index (χ1v) is 12.5. The van der Waals surface area contributed by atoms with Crippen LogP contribution in [0.1, 0.15) is 25.3 Å². The number of hydrogen-bond donors (Lipinski definition) is 1. The number of fused-ring (bicyclic) bond motifs is 1. The van der Waals surface area contributed by atoms with Crippen molar-refractivity contribution in [2.75, 3.05) is 21.3 Å². The summed E-state index contributed by atoms with van der Waals surface area (Å²) in [5, 5.41) is 0. The molecule has 7 nitrogen and oxygen atoms in total. The first kappa shape index (κ1) is 23.2. The highest BCUT2D eigenvalue weighted by atomic mass is 32.2. The van der Waals surface area contributed by atoms with Gasteiger partial charge in [0.25, 0.3) is 10.0 Å². The van der Waals surface area contributed by atoms with Gasteiger partial charge in [-0.1, -0.05) is 6.92 Å². The Morgan fingerprint density at radius 3 is 2.35 bits per heavy atom. The highest BCUT2D eigenvalue weighted by Crippen LogP contribution is 2.33. The Labute approximate surface area is 178 Å². The molecule has 1 heterocycles. The minimum absolute atomic E-state index is 0.0227. The maximum atomic E-state index is 12.6. The Hall–Kier alpha value is -2.47. The van der Waals surface area contributed by atoms with Crippen molar-refractivity contribution in [3.05, 3.63) is 48.0 Å². The Kier molecular flexibility index (Phi) is 6.42. The molecule has 2 aromatic rings. The van der Waals surface area contributed by atoms with E-state index in [0.717, 1.165) is 24.3 Å². The predicted octanol–water partition coefficient (Wildman–Crippen LogP) is 3.88. The molecule has 0 fully saturated rings. The van der Waals surface area contributed by atoms with Crippen molar-refractivity contribution in [2.24, 2.45) is 0 Å². The second-order valence-corrected chi connectivity index (χ2v) is 10.7. The maximum absolute atomic E-state index is 12.6. The fourth-order valence-corrected chi connectivity index (χ4v) is 5.99. The summed E-state index contributed by atoms with van der Waals surface area (Å²) in [6, 6.07) is 8.40. The summed E-state index contributed by atoms with van der Waals surface area (Å²) in [5.41, 5.74) is 1.44. The zero-order chi connectivity index (χ0) is 22.9. The highest BCUT2D eigenvalue weighted by molar-refractivity contribution is 7.93. The lowest BCUT2D eigenvalue weighted by Crippen LogP contribution is -2.37. The number of benzene rings is 2. The van der Waals surface area contributed by atoms with E-state index in [9.17, 15) is 30.0 Å². The van der Waals surface area contributed by atoms with E-state index in [1.54, 1.807) is 19.1 Å². The normalized spacial score (nSPS) is 14.8. The van der Waals surface area contributed by atoms with Gasteiger partial charge in [0.15, 0.2) is 0 Å². The third kappa shape index (κ3) is 5.62. The van der Waals surface area contributed by atoms with Crippen molar-refractivity contribution in [1.29, 1.82) is 0 Å². The maximum Gasteiger partial charge on any atom is 0.573 e. The Morgan fingerprint density at radius 2 is 1.74 bits per heavy atom. The number of sulfonamides is 2. The zero-order valence-electron chi connectivity index (χ0n) is 16.5. The molecule has 12 heteroatoms. The number of anilines is 2. The largest absolute Gasteiger partial charge is 0.573 e. The van der Waals surface area contributed by atoms with Crippen molar-refractivity contribution < 1.29 is 34.7 Å². The second kappa shape index (κ2) is 8.58. The summed E-state index contributed by atoms with van der Waals surface area (Å²) in [6.45, 7) is 2.15. The lowest BCUT2D eigenvalue weighted by Gasteiger charge is -2.30. The summed E-state index contributed by atoms with van der Waals surface area (Å²) in [4.78, 5) is -0.244. The van der Waals surface area contributed by atoms with Crippen molar-refractivity contribution >= 4 is 31.4 Å². The Balaban J connectivity index is 1.82. The average Bonchev–Trinajstić information content (AvgIpc) is 2.66. The van der Waals surface area contributed by atoms with Gasteiger partial charge < -0.3 is 4.74 Å². The van der Waals surface area contributed by atoms with E-state index in [1.807, 2.05) is 0 Å². The first-order chi connectivity index (χ1) is 14.4. The lowest BCUT2D eigenvalue weighted by atomic mass is 10.0. The molecular formula is C19H21F3N2O5S2. The number of rotatable bonds is 7. The third-order valence-corrected chi connectivity index (χ3v) is 7.95. The molecule has 1 aliphatic heterocycles. The summed E-state index contributed by atoms with van der Waals surface area (Å²) < 4.78 is 94.4. The van der Waals surface area contributed by atoms with Gasteiger partial charge in [0, 0.05) is 12.2 Å². The fraction of sp³-hybridized carbons (Fsp3) is 0.368. The molecule has 0 amide bonds. The van der Waals surface area contributed by atoms with Gasteiger partial charge in [0.1, 0.15) is 5.75 Å². The van der Waals surface area contributed by atoms with E-state index in [1.165, 1.54) is 10.4 Å². The second-order valence-electron chi connectivity index (χ2n) is 6.96. The molecule has 31 heavy (non-hydrogen) atoms. The summed E-state index contributed by atoms with van der Waals surface area (Å²) in [5.74, 6) is -0.511. The van der Waals surface area contributed by atoms with Crippen LogP contribution in [0, 0.1) is 0 Å². The molecule has 1 aliphatic rings. The number of alkyl halides is 3. The van der Waals surface area contributed by atoms with Gasteiger partial charge in [-0.15, -0.1) is 13.2 Å². The molecule has 3 rings (SSSR count). The van der Waals surface area contributed by atoms with Crippen LogP contribution in [0.15, 0.2) is 47.4 Å². The van der Waals surface area contributed by atoms with Crippen molar-refractivity contribution in [3.63, 3.8) is 0 Å². The van der Waals surface area contributed by atoms with E-state index in [-0.39, 0.29) is 16.3 Å². The van der Waals surface area contributed by atoms with Crippen LogP contribution in [0.2, 0.25) is 0 Å². The van der Waals surface area contributed by atoms with Crippen LogP contribution in [-0.4, -0.2) is 35.5 Å². The monoisotopic (exact) mass is 478 g/mol. The molecule has 0 spiro atoms. The van der Waals surface area contributed by atoms with Gasteiger partial charge in [0.2, 0.25) is 10.0 Å². The molecule has 2 aromatic carbocycles. The third-order valence-electron chi connectivity index (χ3n) is 4.57. The van der Waals surface area contributed by atoms with Crippen LogP contribution in [0.3, 0.4) is 0 Å². The summed E-state index contributed by atoms with van der Waals surface area (Å²) in [7, 11) is -7.52. The number of halogens is 3. The van der Waals surface area contributed by atoms with E-state index < -0.39 is 32.2 Å². The van der Waals surface area contributed by atoms with Crippen molar-refractivity contribution in [1.82, 2.24) is 0 Å². The van der Waals surface area contributed by atoms with E-state index in [2.05, 4.69) is 9.46 Å². The summed E-state index contributed by atoms with van der Waals surface area (Å²) >= 11 is 0. The molecule has 0 atom stereocenters. The van der Waals surface area contributed by atoms with Crippen LogP contribution in [0.4, 0.5) is 24.5 Å². The highest BCUT2D eigenvalue weighted by Gasteiger charge is 2.31. The lowest BCUT2D eigenvalue weighted by molar-refractivity contribution is -0.274. The molecule has 0 saturated carbocycles. The van der Waals surface area contributed by atoms with Crippen LogP contribution >= 0.6 is 0 Å². The first-order valence-electron chi connectivity index (χ1n) is 9.43. The van der Waals surface area contributed by atoms with Gasteiger partial charge >= 0.3 is 6.36 Å². The number of nitrogens with one attached hydrogen (secondary N) is 1. The smallest absolute Gasteiger partial charge is 0.406 e. The number of ether oxygens (including phenoxy) is 1. The van der Waals surface area contributed by atoms with Crippen LogP contribution in [0.5, 0.6) is 5.75 Å². The minimum Gasteiger partial charge on any atom is -0.406 e. The molecule has 170 valence electrons. The van der Waals surface area contributed by atoms with Crippen LogP contribution < -0.4 is 13.8 Å². The van der Waals surface area contributed by atoms with Gasteiger partial charge in [0.05, 0.1) is 16.3 Å². The summed E-state index contributed by atoms with van der Waals surface area (Å²) in [6.07, 6.45) is -3.20. The molecular weight excluding hydrogens is 457 g/mol. The number of hydrogen-bond acceptors (Lipinski definition) is 5. The van der Waals surface area contributed by atoms with Gasteiger partial charge in [-0.05, 0) is 67.3 Å². The van der Waals surface area contributed by atoms with Gasteiger partial charge in [-0.25, -0.2) is 16.8 Å². The fourth-order valence-electron chi connectivity index (χ4n) is 3.32. The molecule has 0 radical (unpaired) electrons. The topological polar surface area (TPSA) is 92.8 Å². The van der Waals surface area contributed by atoms with Gasteiger partial charge in [-0.3, -0.25) is 9.03 Å². The molecule has 0 bridgehead atoms. The van der Waals surface area contributed by atoms with Crippen LogP contribution in [-0.2, 0) is 26.5 Å². The standard InChI is InChI=1S/C19H21F3N2O5S2/c1-2-12-30(25,26)24-11-3-4-14-13-15(5-10-18(14)24)23-31(27,28)17-8-6-16(7-9-17)29-19(20,21)22/h5-10,13,23H,2-4,11-12H2,1H3. The van der Waals surface area contributed by atoms with E-state index in [4.69, 9.17) is 0 Å². The molecule has 0 aromatic heterocycles. The Bertz CT molecular complexity index is 1150. The Morgan fingerprint density at radius 1 is 1.06 bits per heavy atom. The zero-order valence-corrected chi connectivity index (χ0v) is 18.1. The van der Waals surface area contributed by atoms with Crippen molar-refractivity contribution in [3.8, 4) is 5.75 Å². The van der Waals surface area contributed by atoms with Crippen molar-refractivity contribution in [2.45, 2.75) is 37.4 Å². The van der Waals surface area contributed by atoms with Gasteiger partial charge in [-0.2, -0.15) is 0 Å². The molecule has 0 aliphatic carbocycles. The molecule has 0 saturated heterocycles. The van der Waals surface area contributed by atoms with E-state index >= 15 is 0 Å². The number of nitrogens with zero attached hydrogens (tertiary/aromatic N) is 1. The average molecular weight is 479 g/mol. The predicted molar refractivity (Wildman–Crippen MR) is 110 cm³/mol. The SMILES string of the molecule is CCCS(=O)(=O)N1CCCc2cc(NS(=O)(=O)c3ccc(OC(F)(F)F)cc3)ccc21. The van der Waals surface area contributed by atoms with Crippen LogP contribution in [0.25, 0.3) is 0 Å². The quantitative estimate of drug-likeness (QED) is 0.652.